The second kappa shape index (κ2) is 5.26. The van der Waals surface area contributed by atoms with Gasteiger partial charge in [0.2, 0.25) is 5.91 Å². The Bertz CT molecular complexity index is 352. The fourth-order valence-electron chi connectivity index (χ4n) is 1.20. The van der Waals surface area contributed by atoms with E-state index in [2.05, 4.69) is 20.9 Å². The van der Waals surface area contributed by atoms with Crippen LogP contribution in [0.5, 0.6) is 0 Å². The number of hydrogen-bond acceptors (Lipinski definition) is 2. The van der Waals surface area contributed by atoms with Gasteiger partial charge in [-0.3, -0.25) is 9.69 Å². The van der Waals surface area contributed by atoms with Gasteiger partial charge in [0.15, 0.2) is 0 Å². The van der Waals surface area contributed by atoms with Crippen LogP contribution in [0.1, 0.15) is 20.3 Å². The molecule has 0 N–H and O–H groups in total. The molecule has 0 saturated heterocycles. The third-order valence-corrected chi connectivity index (χ3v) is 2.44. The summed E-state index contributed by atoms with van der Waals surface area (Å²) in [7, 11) is 1.75. The Morgan fingerprint density at radius 3 is 2.73 bits per heavy atom. The summed E-state index contributed by atoms with van der Waals surface area (Å²) in [5, 5.41) is 0. The fourth-order valence-corrected chi connectivity index (χ4v) is 1.53. The highest BCUT2D eigenvalue weighted by molar-refractivity contribution is 9.10. The molecular formula is C11H15BrN2O. The number of rotatable bonds is 3. The Balaban J connectivity index is 2.76. The first-order valence-corrected chi connectivity index (χ1v) is 5.69. The zero-order valence-electron chi connectivity index (χ0n) is 9.20. The van der Waals surface area contributed by atoms with E-state index in [4.69, 9.17) is 0 Å². The molecule has 1 amide bonds. The minimum Gasteiger partial charge on any atom is -0.300 e. The Morgan fingerprint density at radius 1 is 1.53 bits per heavy atom. The van der Waals surface area contributed by atoms with Gasteiger partial charge in [-0.1, -0.05) is 19.9 Å². The quantitative estimate of drug-likeness (QED) is 0.792. The van der Waals surface area contributed by atoms with Crippen molar-refractivity contribution in [1.29, 1.82) is 0 Å². The summed E-state index contributed by atoms with van der Waals surface area (Å²) in [6.45, 7) is 4.06. The van der Waals surface area contributed by atoms with Gasteiger partial charge in [0, 0.05) is 13.5 Å². The van der Waals surface area contributed by atoms with Gasteiger partial charge in [0.25, 0.3) is 0 Å². The second-order valence-corrected chi connectivity index (χ2v) is 4.68. The van der Waals surface area contributed by atoms with Crippen LogP contribution < -0.4 is 4.90 Å². The Labute approximate surface area is 98.6 Å². The molecule has 0 aliphatic rings. The lowest BCUT2D eigenvalue weighted by Crippen LogP contribution is -2.27. The maximum Gasteiger partial charge on any atom is 0.228 e. The Hall–Kier alpha value is -0.900. The number of halogens is 1. The van der Waals surface area contributed by atoms with E-state index in [0.29, 0.717) is 18.2 Å². The van der Waals surface area contributed by atoms with Gasteiger partial charge in [0.05, 0.1) is 0 Å². The van der Waals surface area contributed by atoms with Crippen molar-refractivity contribution in [2.45, 2.75) is 20.3 Å². The fraction of sp³-hybridized carbons (Fsp3) is 0.455. The average molecular weight is 271 g/mol. The highest BCUT2D eigenvalue weighted by Gasteiger charge is 2.13. The average Bonchev–Trinajstić information content (AvgIpc) is 2.15. The number of pyridine rings is 1. The van der Waals surface area contributed by atoms with Crippen molar-refractivity contribution in [3.8, 4) is 0 Å². The van der Waals surface area contributed by atoms with Crippen molar-refractivity contribution < 1.29 is 4.79 Å². The zero-order valence-corrected chi connectivity index (χ0v) is 10.8. The molecule has 0 aliphatic carbocycles. The summed E-state index contributed by atoms with van der Waals surface area (Å²) in [5.41, 5.74) is 0. The smallest absolute Gasteiger partial charge is 0.228 e. The molecule has 0 bridgehead atoms. The van der Waals surface area contributed by atoms with Crippen LogP contribution in [-0.4, -0.2) is 17.9 Å². The molecular weight excluding hydrogens is 256 g/mol. The van der Waals surface area contributed by atoms with E-state index < -0.39 is 0 Å². The molecule has 0 atom stereocenters. The maximum atomic E-state index is 11.7. The van der Waals surface area contributed by atoms with Crippen molar-refractivity contribution in [2.24, 2.45) is 5.92 Å². The minimum atomic E-state index is 0.0931. The topological polar surface area (TPSA) is 33.2 Å². The summed E-state index contributed by atoms with van der Waals surface area (Å²) in [6.07, 6.45) is 0.546. The predicted octanol–water partition coefficient (Wildman–Crippen LogP) is 2.85. The summed E-state index contributed by atoms with van der Waals surface area (Å²) in [5.74, 6) is 1.14. The molecule has 0 saturated carbocycles. The van der Waals surface area contributed by atoms with Gasteiger partial charge in [-0.25, -0.2) is 4.98 Å². The van der Waals surface area contributed by atoms with E-state index in [9.17, 15) is 4.79 Å². The zero-order chi connectivity index (χ0) is 11.4. The first kappa shape index (κ1) is 12.2. The molecule has 4 heteroatoms. The monoisotopic (exact) mass is 270 g/mol. The second-order valence-electron chi connectivity index (χ2n) is 3.87. The van der Waals surface area contributed by atoms with Crippen LogP contribution in [0.3, 0.4) is 0 Å². The Morgan fingerprint density at radius 2 is 2.20 bits per heavy atom. The van der Waals surface area contributed by atoms with Crippen molar-refractivity contribution in [2.75, 3.05) is 11.9 Å². The lowest BCUT2D eigenvalue weighted by molar-refractivity contribution is -0.119. The molecule has 82 valence electrons. The summed E-state index contributed by atoms with van der Waals surface area (Å²) >= 11 is 3.28. The predicted molar refractivity (Wildman–Crippen MR) is 64.8 cm³/mol. The first-order valence-electron chi connectivity index (χ1n) is 4.90. The number of nitrogens with zero attached hydrogens (tertiary/aromatic N) is 2. The molecule has 15 heavy (non-hydrogen) atoms. The van der Waals surface area contributed by atoms with Crippen LogP contribution in [0.15, 0.2) is 22.8 Å². The Kier molecular flexibility index (Phi) is 4.27. The van der Waals surface area contributed by atoms with E-state index in [1.807, 2.05) is 32.0 Å². The summed E-state index contributed by atoms with van der Waals surface area (Å²) in [4.78, 5) is 17.5. The van der Waals surface area contributed by atoms with E-state index in [0.717, 1.165) is 4.60 Å². The molecule has 1 rings (SSSR count). The SMILES string of the molecule is CC(C)CC(=O)N(C)c1cccc(Br)n1. The molecule has 0 radical (unpaired) electrons. The van der Waals surface area contributed by atoms with Crippen LogP contribution in [0.4, 0.5) is 5.82 Å². The van der Waals surface area contributed by atoms with Crippen LogP contribution in [0.2, 0.25) is 0 Å². The largest absolute Gasteiger partial charge is 0.300 e. The van der Waals surface area contributed by atoms with Gasteiger partial charge >= 0.3 is 0 Å². The van der Waals surface area contributed by atoms with Crippen molar-refractivity contribution in [3.05, 3.63) is 22.8 Å². The third-order valence-electron chi connectivity index (χ3n) is 2.00. The number of hydrogen-bond donors (Lipinski definition) is 0. The maximum absolute atomic E-state index is 11.7. The van der Waals surface area contributed by atoms with E-state index in [-0.39, 0.29) is 5.91 Å². The molecule has 1 heterocycles. The molecule has 0 aliphatic heterocycles. The van der Waals surface area contributed by atoms with Gasteiger partial charge in [-0.2, -0.15) is 0 Å². The van der Waals surface area contributed by atoms with Crippen molar-refractivity contribution >= 4 is 27.7 Å². The van der Waals surface area contributed by atoms with Crippen LogP contribution >= 0.6 is 15.9 Å². The molecule has 0 aromatic carbocycles. The molecule has 1 aromatic rings. The normalized spacial score (nSPS) is 10.5. The summed E-state index contributed by atoms with van der Waals surface area (Å²) < 4.78 is 0.740. The van der Waals surface area contributed by atoms with Crippen LogP contribution in [0.25, 0.3) is 0 Å². The number of carbonyl (C=O) groups is 1. The third kappa shape index (κ3) is 3.63. The van der Waals surface area contributed by atoms with Crippen LogP contribution in [-0.2, 0) is 4.79 Å². The molecule has 0 unspecified atom stereocenters. The van der Waals surface area contributed by atoms with Gasteiger partial charge in [-0.05, 0) is 34.0 Å². The summed E-state index contributed by atoms with van der Waals surface area (Å²) in [6, 6.07) is 5.53. The van der Waals surface area contributed by atoms with Crippen molar-refractivity contribution in [1.82, 2.24) is 4.98 Å². The van der Waals surface area contributed by atoms with E-state index >= 15 is 0 Å². The van der Waals surface area contributed by atoms with Gasteiger partial charge in [-0.15, -0.1) is 0 Å². The first-order chi connectivity index (χ1) is 7.00. The van der Waals surface area contributed by atoms with Crippen LogP contribution in [0, 0.1) is 5.92 Å². The van der Waals surface area contributed by atoms with Gasteiger partial charge < -0.3 is 0 Å². The van der Waals surface area contributed by atoms with E-state index in [1.54, 1.807) is 11.9 Å². The highest BCUT2D eigenvalue weighted by Crippen LogP contribution is 2.15. The molecule has 0 fully saturated rings. The number of anilines is 1. The number of aromatic nitrogens is 1. The molecule has 1 aromatic heterocycles. The van der Waals surface area contributed by atoms with E-state index in [1.165, 1.54) is 0 Å². The standard InChI is InChI=1S/C11H15BrN2O/c1-8(2)7-11(15)14(3)10-6-4-5-9(12)13-10/h4-6,8H,7H2,1-3H3. The molecule has 0 spiro atoms. The minimum absolute atomic E-state index is 0.0931. The van der Waals surface area contributed by atoms with Crippen molar-refractivity contribution in [3.63, 3.8) is 0 Å². The highest BCUT2D eigenvalue weighted by atomic mass is 79.9. The number of carbonyl (C=O) groups excluding carboxylic acids is 1. The lowest BCUT2D eigenvalue weighted by atomic mass is 10.1. The lowest BCUT2D eigenvalue weighted by Gasteiger charge is -2.17. The number of amides is 1. The van der Waals surface area contributed by atoms with Gasteiger partial charge in [0.1, 0.15) is 10.4 Å². The molecule has 3 nitrogen and oxygen atoms in total.